The molecule has 0 saturated heterocycles. The van der Waals surface area contributed by atoms with Gasteiger partial charge in [-0.3, -0.25) is 19.7 Å². The predicted molar refractivity (Wildman–Crippen MR) is 66.7 cm³/mol. The minimum absolute atomic E-state index is 0.00116. The smallest absolute Gasteiger partial charge is 0.257 e. The van der Waals surface area contributed by atoms with Crippen LogP contribution in [0.1, 0.15) is 12.5 Å². The van der Waals surface area contributed by atoms with E-state index < -0.39 is 0 Å². The zero-order chi connectivity index (χ0) is 11.8. The number of hydrogen-bond donors (Lipinski definition) is 0. The van der Waals surface area contributed by atoms with Crippen LogP contribution < -0.4 is 0 Å². The molecule has 0 saturated carbocycles. The van der Waals surface area contributed by atoms with Gasteiger partial charge >= 0.3 is 0 Å². The second-order valence-corrected chi connectivity index (χ2v) is 4.00. The lowest BCUT2D eigenvalue weighted by Gasteiger charge is -2.22. The molecule has 1 aromatic rings. The largest absolute Gasteiger partial charge is 0.272 e. The first-order chi connectivity index (χ1) is 8.27. The average Bonchev–Trinajstić information content (AvgIpc) is 2.66. The highest BCUT2D eigenvalue weighted by molar-refractivity contribution is 6.38. The molecule has 1 amide bonds. The number of hydrogen-bond acceptors (Lipinski definition) is 3. The molecule has 1 unspecified atom stereocenters. The lowest BCUT2D eigenvalue weighted by Crippen LogP contribution is -2.35. The minimum Gasteiger partial charge on any atom is -0.272 e. The molecule has 3 rings (SSSR count). The van der Waals surface area contributed by atoms with Crippen LogP contribution in [0.3, 0.4) is 0 Å². The number of carbonyl (C=O) groups is 1. The van der Waals surface area contributed by atoms with E-state index in [0.717, 1.165) is 11.3 Å². The van der Waals surface area contributed by atoms with E-state index >= 15 is 0 Å². The van der Waals surface area contributed by atoms with Crippen LogP contribution in [0.2, 0.25) is 0 Å². The molecule has 17 heavy (non-hydrogen) atoms. The molecule has 0 spiro atoms. The summed E-state index contributed by atoms with van der Waals surface area (Å²) in [5.74, 6) is 0.630. The lowest BCUT2D eigenvalue weighted by atomic mass is 10.1. The number of amides is 1. The fourth-order valence-electron chi connectivity index (χ4n) is 1.99. The molecule has 1 aromatic carbocycles. The van der Waals surface area contributed by atoms with Gasteiger partial charge in [0.2, 0.25) is 0 Å². The van der Waals surface area contributed by atoms with Crippen molar-refractivity contribution in [3.63, 3.8) is 0 Å². The van der Waals surface area contributed by atoms with Crippen LogP contribution >= 0.6 is 0 Å². The Hall–Kier alpha value is -2.23. The summed E-state index contributed by atoms with van der Waals surface area (Å²) in [6, 6.07) is 9.42. The summed E-state index contributed by atoms with van der Waals surface area (Å²) in [5.41, 5.74) is 1.76. The first-order valence-corrected chi connectivity index (χ1v) is 5.48. The molecular weight excluding hydrogens is 214 g/mol. The molecule has 2 aliphatic heterocycles. The summed E-state index contributed by atoms with van der Waals surface area (Å²) in [6.45, 7) is 1.80. The van der Waals surface area contributed by atoms with Crippen molar-refractivity contribution in [1.82, 2.24) is 4.90 Å². The third-order valence-electron chi connectivity index (χ3n) is 2.83. The maximum Gasteiger partial charge on any atom is 0.257 e. The Kier molecular flexibility index (Phi) is 2.14. The zero-order valence-corrected chi connectivity index (χ0v) is 9.37. The Morgan fingerprint density at radius 3 is 2.76 bits per heavy atom. The van der Waals surface area contributed by atoms with Crippen LogP contribution in [0.25, 0.3) is 5.70 Å². The Morgan fingerprint density at radius 2 is 2.00 bits per heavy atom. The Labute approximate surface area is 99.0 Å². The van der Waals surface area contributed by atoms with Crippen molar-refractivity contribution >= 4 is 23.7 Å². The Balaban J connectivity index is 2.07. The van der Waals surface area contributed by atoms with E-state index in [0.29, 0.717) is 5.84 Å². The van der Waals surface area contributed by atoms with E-state index in [9.17, 15) is 4.79 Å². The van der Waals surface area contributed by atoms with Crippen molar-refractivity contribution in [1.29, 1.82) is 0 Å². The van der Waals surface area contributed by atoms with Crippen LogP contribution in [-0.4, -0.2) is 28.9 Å². The normalized spacial score (nSPS) is 22.3. The summed E-state index contributed by atoms with van der Waals surface area (Å²) in [4.78, 5) is 22.1. The number of aliphatic imine (C=N–C) groups is 2. The minimum atomic E-state index is -0.318. The summed E-state index contributed by atoms with van der Waals surface area (Å²) in [7, 11) is 0. The molecule has 4 nitrogen and oxygen atoms in total. The molecule has 4 heteroatoms. The zero-order valence-electron chi connectivity index (χ0n) is 9.37. The van der Waals surface area contributed by atoms with Gasteiger partial charge < -0.3 is 0 Å². The lowest BCUT2D eigenvalue weighted by molar-refractivity contribution is -0.124. The molecule has 1 atom stereocenters. The molecule has 0 aromatic heterocycles. The maximum absolute atomic E-state index is 12.0. The van der Waals surface area contributed by atoms with Crippen molar-refractivity contribution < 1.29 is 4.79 Å². The monoisotopic (exact) mass is 225 g/mol. The number of amidine groups is 1. The molecule has 0 fully saturated rings. The second kappa shape index (κ2) is 3.66. The van der Waals surface area contributed by atoms with E-state index in [1.54, 1.807) is 24.2 Å². The standard InChI is InChI=1S/C13H11N3O/c1-9-13(17)16-11(7-14-8-12(16)15-9)10-5-3-2-4-6-10/h2-9H,1H3. The molecule has 0 aliphatic carbocycles. The number of rotatable bonds is 1. The molecular formula is C13H11N3O. The fourth-order valence-corrected chi connectivity index (χ4v) is 1.99. The fraction of sp³-hybridized carbons (Fsp3) is 0.154. The van der Waals surface area contributed by atoms with E-state index in [1.807, 2.05) is 30.3 Å². The summed E-state index contributed by atoms with van der Waals surface area (Å²) >= 11 is 0. The number of fused-ring (bicyclic) bond motifs is 1. The maximum atomic E-state index is 12.0. The van der Waals surface area contributed by atoms with Crippen molar-refractivity contribution in [3.05, 3.63) is 42.1 Å². The van der Waals surface area contributed by atoms with Crippen LogP contribution in [0, 0.1) is 0 Å². The quantitative estimate of drug-likeness (QED) is 0.717. The third-order valence-corrected chi connectivity index (χ3v) is 2.83. The van der Waals surface area contributed by atoms with Gasteiger partial charge in [-0.25, -0.2) is 0 Å². The number of nitrogens with zero attached hydrogens (tertiary/aromatic N) is 3. The highest BCUT2D eigenvalue weighted by atomic mass is 16.2. The third kappa shape index (κ3) is 1.49. The van der Waals surface area contributed by atoms with Crippen molar-refractivity contribution in [2.24, 2.45) is 9.98 Å². The molecule has 0 radical (unpaired) electrons. The van der Waals surface area contributed by atoms with Crippen LogP contribution in [0.5, 0.6) is 0 Å². The van der Waals surface area contributed by atoms with Gasteiger partial charge in [0.05, 0.1) is 18.1 Å². The van der Waals surface area contributed by atoms with Gasteiger partial charge in [-0.2, -0.15) is 0 Å². The molecule has 0 N–H and O–H groups in total. The highest BCUT2D eigenvalue weighted by Gasteiger charge is 2.34. The topological polar surface area (TPSA) is 45.0 Å². The van der Waals surface area contributed by atoms with E-state index in [4.69, 9.17) is 0 Å². The number of benzene rings is 1. The first kappa shape index (κ1) is 9.96. The second-order valence-electron chi connectivity index (χ2n) is 4.00. The molecule has 0 bridgehead atoms. The summed E-state index contributed by atoms with van der Waals surface area (Å²) < 4.78 is 0. The van der Waals surface area contributed by atoms with Crippen molar-refractivity contribution in [2.45, 2.75) is 13.0 Å². The summed E-state index contributed by atoms with van der Waals surface area (Å²) in [5, 5.41) is 0. The molecule has 2 heterocycles. The van der Waals surface area contributed by atoms with Crippen LogP contribution in [0.15, 0.2) is 46.5 Å². The first-order valence-electron chi connectivity index (χ1n) is 5.48. The Morgan fingerprint density at radius 1 is 1.24 bits per heavy atom. The average molecular weight is 225 g/mol. The van der Waals surface area contributed by atoms with Gasteiger partial charge in [0.1, 0.15) is 6.04 Å². The van der Waals surface area contributed by atoms with Crippen LogP contribution in [0.4, 0.5) is 0 Å². The van der Waals surface area contributed by atoms with Gasteiger partial charge in [-0.15, -0.1) is 0 Å². The van der Waals surface area contributed by atoms with Gasteiger partial charge in [0, 0.05) is 5.56 Å². The van der Waals surface area contributed by atoms with Crippen LogP contribution in [-0.2, 0) is 4.79 Å². The molecule has 2 aliphatic rings. The number of carbonyl (C=O) groups excluding carboxylic acids is 1. The van der Waals surface area contributed by atoms with Crippen molar-refractivity contribution in [3.8, 4) is 0 Å². The van der Waals surface area contributed by atoms with Gasteiger partial charge in [-0.1, -0.05) is 30.3 Å². The Bertz CT molecular complexity index is 557. The van der Waals surface area contributed by atoms with Crippen molar-refractivity contribution in [2.75, 3.05) is 0 Å². The van der Waals surface area contributed by atoms with E-state index in [-0.39, 0.29) is 11.9 Å². The van der Waals surface area contributed by atoms with Gasteiger partial charge in [-0.05, 0) is 6.92 Å². The van der Waals surface area contributed by atoms with E-state index in [1.165, 1.54) is 0 Å². The summed E-state index contributed by atoms with van der Waals surface area (Å²) in [6.07, 6.45) is 3.32. The SMILES string of the molecule is CC1N=C2C=NC=C(c3ccccc3)N2C1=O. The van der Waals surface area contributed by atoms with Gasteiger partial charge in [0.25, 0.3) is 5.91 Å². The highest BCUT2D eigenvalue weighted by Crippen LogP contribution is 2.26. The predicted octanol–water partition coefficient (Wildman–Crippen LogP) is 1.70. The molecule has 84 valence electrons. The van der Waals surface area contributed by atoms with E-state index in [2.05, 4.69) is 9.98 Å². The van der Waals surface area contributed by atoms with Gasteiger partial charge in [0.15, 0.2) is 5.84 Å².